The number of benzene rings is 1. The van der Waals surface area contributed by atoms with Gasteiger partial charge in [-0.15, -0.1) is 0 Å². The molecule has 0 unspecified atom stereocenters. The Morgan fingerprint density at radius 1 is 1.40 bits per heavy atom. The fourth-order valence-corrected chi connectivity index (χ4v) is 2.27. The van der Waals surface area contributed by atoms with Crippen LogP contribution in [-0.4, -0.2) is 32.4 Å². The minimum Gasteiger partial charge on any atom is -0.342 e. The maximum absolute atomic E-state index is 11.5. The number of carbonyl (C=O) groups is 1. The first-order valence-electron chi connectivity index (χ1n) is 5.68. The summed E-state index contributed by atoms with van der Waals surface area (Å²) in [6, 6.07) is 4.78. The zero-order valence-corrected chi connectivity index (χ0v) is 12.5. The highest BCUT2D eigenvalue weighted by molar-refractivity contribution is 7.98. The van der Waals surface area contributed by atoms with Gasteiger partial charge in [-0.3, -0.25) is 0 Å². The van der Waals surface area contributed by atoms with E-state index in [-0.39, 0.29) is 4.90 Å². The molecule has 1 atom stereocenters. The van der Waals surface area contributed by atoms with Gasteiger partial charge in [0, 0.05) is 0 Å². The molecule has 20 heavy (non-hydrogen) atoms. The molecule has 7 nitrogen and oxygen atoms in total. The van der Waals surface area contributed by atoms with E-state index in [0.29, 0.717) is 12.1 Å². The second-order valence-electron chi connectivity index (χ2n) is 3.98. The minimum atomic E-state index is -3.73. The molecule has 0 fully saturated rings. The van der Waals surface area contributed by atoms with E-state index < -0.39 is 22.0 Å². The quantitative estimate of drug-likeness (QED) is 0.617. The molecule has 0 aliphatic heterocycles. The van der Waals surface area contributed by atoms with Crippen LogP contribution in [0, 0.1) is 0 Å². The van der Waals surface area contributed by atoms with Crippen LogP contribution in [0.25, 0.3) is 0 Å². The van der Waals surface area contributed by atoms with Crippen LogP contribution in [0.2, 0.25) is 0 Å². The predicted molar refractivity (Wildman–Crippen MR) is 78.5 cm³/mol. The number of anilines is 1. The molecule has 112 valence electrons. The Morgan fingerprint density at radius 2 is 2.00 bits per heavy atom. The Hall–Kier alpha value is -1.29. The Morgan fingerprint density at radius 3 is 2.50 bits per heavy atom. The van der Waals surface area contributed by atoms with Crippen LogP contribution in [0.4, 0.5) is 5.69 Å². The second kappa shape index (κ2) is 7.48. The summed E-state index contributed by atoms with van der Waals surface area (Å²) in [6.45, 7) is 0. The van der Waals surface area contributed by atoms with Crippen LogP contribution >= 0.6 is 11.8 Å². The van der Waals surface area contributed by atoms with E-state index in [1.165, 1.54) is 24.3 Å². The lowest BCUT2D eigenvalue weighted by Gasteiger charge is -2.11. The molecule has 0 amide bonds. The molecular weight excluding hydrogens is 302 g/mol. The van der Waals surface area contributed by atoms with E-state index in [4.69, 9.17) is 15.7 Å². The van der Waals surface area contributed by atoms with Crippen molar-refractivity contribution >= 4 is 33.4 Å². The fourth-order valence-electron chi connectivity index (χ4n) is 1.26. The molecule has 9 heteroatoms. The molecule has 0 bridgehead atoms. The topological polar surface area (TPSA) is 125 Å². The van der Waals surface area contributed by atoms with Crippen LogP contribution in [0.1, 0.15) is 6.42 Å². The van der Waals surface area contributed by atoms with Crippen LogP contribution in [0.15, 0.2) is 29.2 Å². The van der Waals surface area contributed by atoms with Gasteiger partial charge in [0.1, 0.15) is 6.04 Å². The lowest BCUT2D eigenvalue weighted by atomic mass is 10.2. The number of sulfonamides is 1. The number of hydrogen-bond donors (Lipinski definition) is 3. The summed E-state index contributed by atoms with van der Waals surface area (Å²) in [5, 5.41) is 4.96. The van der Waals surface area contributed by atoms with Crippen molar-refractivity contribution in [1.29, 1.82) is 0 Å². The molecule has 0 saturated carbocycles. The van der Waals surface area contributed by atoms with Gasteiger partial charge in [0.2, 0.25) is 10.0 Å². The van der Waals surface area contributed by atoms with Gasteiger partial charge in [-0.25, -0.2) is 23.8 Å². The van der Waals surface area contributed by atoms with Gasteiger partial charge in [0.05, 0.1) is 10.6 Å². The summed E-state index contributed by atoms with van der Waals surface area (Å²) >= 11 is 1.59. The number of hydrogen-bond acceptors (Lipinski definition) is 7. The standard InChI is InChI=1S/C11H17N3O4S2/c1-19-7-6-10(12)11(15)18-14-8-2-4-9(5-3-8)20(13,16)17/h2-5,10,14H,6-7,12H2,1H3,(H2,13,16,17)/t10-/m0/s1. The fraction of sp³-hybridized carbons (Fsp3) is 0.364. The van der Waals surface area contributed by atoms with Gasteiger partial charge in [0.15, 0.2) is 0 Å². The van der Waals surface area contributed by atoms with Crippen molar-refractivity contribution in [2.24, 2.45) is 10.9 Å². The highest BCUT2D eigenvalue weighted by Gasteiger charge is 2.15. The SMILES string of the molecule is CSCC[C@H](N)C(=O)ONc1ccc(S(N)(=O)=O)cc1. The molecule has 0 radical (unpaired) electrons. The monoisotopic (exact) mass is 319 g/mol. The lowest BCUT2D eigenvalue weighted by Crippen LogP contribution is -2.34. The lowest BCUT2D eigenvalue weighted by molar-refractivity contribution is -0.142. The van der Waals surface area contributed by atoms with Crippen molar-refractivity contribution in [3.63, 3.8) is 0 Å². The highest BCUT2D eigenvalue weighted by Crippen LogP contribution is 2.12. The van der Waals surface area contributed by atoms with Gasteiger partial charge in [-0.1, -0.05) is 0 Å². The molecule has 0 aromatic heterocycles. The molecule has 0 saturated heterocycles. The second-order valence-corrected chi connectivity index (χ2v) is 6.53. The van der Waals surface area contributed by atoms with Crippen LogP contribution in [0.5, 0.6) is 0 Å². The van der Waals surface area contributed by atoms with Gasteiger partial charge in [-0.05, 0) is 42.7 Å². The van der Waals surface area contributed by atoms with Gasteiger partial charge in [-0.2, -0.15) is 11.8 Å². The van der Waals surface area contributed by atoms with Gasteiger partial charge >= 0.3 is 5.97 Å². The summed E-state index contributed by atoms with van der Waals surface area (Å²) in [5.74, 6) is 0.189. The van der Waals surface area contributed by atoms with Crippen LogP contribution < -0.4 is 16.4 Å². The smallest absolute Gasteiger partial charge is 0.342 e. The third-order valence-electron chi connectivity index (χ3n) is 2.39. The normalized spacial score (nSPS) is 12.8. The zero-order chi connectivity index (χ0) is 15.2. The van der Waals surface area contributed by atoms with Crippen molar-refractivity contribution in [3.05, 3.63) is 24.3 Å². The zero-order valence-electron chi connectivity index (χ0n) is 10.9. The van der Waals surface area contributed by atoms with E-state index in [2.05, 4.69) is 5.48 Å². The first-order valence-corrected chi connectivity index (χ1v) is 8.62. The van der Waals surface area contributed by atoms with Crippen molar-refractivity contribution in [3.8, 4) is 0 Å². The number of nitrogens with two attached hydrogens (primary N) is 2. The Labute approximate surface area is 122 Å². The van der Waals surface area contributed by atoms with Crippen LogP contribution in [-0.2, 0) is 19.7 Å². The molecule has 1 rings (SSSR count). The number of rotatable bonds is 7. The number of nitrogens with one attached hydrogen (secondary N) is 1. The first-order chi connectivity index (χ1) is 9.34. The van der Waals surface area contributed by atoms with Crippen LogP contribution in [0.3, 0.4) is 0 Å². The summed E-state index contributed by atoms with van der Waals surface area (Å²) in [4.78, 5) is 16.3. The average Bonchev–Trinajstić information content (AvgIpc) is 2.41. The van der Waals surface area contributed by atoms with Crippen molar-refractivity contribution in [1.82, 2.24) is 0 Å². The molecular formula is C11H17N3O4S2. The van der Waals surface area contributed by atoms with E-state index in [1.807, 2.05) is 6.26 Å². The van der Waals surface area contributed by atoms with Crippen molar-refractivity contribution < 1.29 is 18.0 Å². The summed E-state index contributed by atoms with van der Waals surface area (Å²) < 4.78 is 22.1. The molecule has 5 N–H and O–H groups in total. The molecule has 0 heterocycles. The summed E-state index contributed by atoms with van der Waals surface area (Å²) in [7, 11) is -3.73. The molecule has 1 aromatic rings. The van der Waals surface area contributed by atoms with Gasteiger partial charge < -0.3 is 10.6 Å². The van der Waals surface area contributed by atoms with E-state index in [1.54, 1.807) is 11.8 Å². The number of thioether (sulfide) groups is 1. The number of carbonyl (C=O) groups excluding carboxylic acids is 1. The minimum absolute atomic E-state index is 0.0222. The third kappa shape index (κ3) is 5.37. The Balaban J connectivity index is 2.52. The maximum Gasteiger partial charge on any atom is 0.348 e. The largest absolute Gasteiger partial charge is 0.348 e. The average molecular weight is 319 g/mol. The first kappa shape index (κ1) is 16.8. The molecule has 0 aliphatic rings. The molecule has 0 aliphatic carbocycles. The summed E-state index contributed by atoms with van der Waals surface area (Å²) in [6.07, 6.45) is 2.44. The van der Waals surface area contributed by atoms with E-state index in [9.17, 15) is 13.2 Å². The summed E-state index contributed by atoms with van der Waals surface area (Å²) in [5.41, 5.74) is 8.45. The predicted octanol–water partition coefficient (Wildman–Crippen LogP) is 0.285. The Kier molecular flexibility index (Phi) is 6.27. The number of primary sulfonamides is 1. The van der Waals surface area contributed by atoms with Gasteiger partial charge in [0.25, 0.3) is 0 Å². The molecule has 0 spiro atoms. The van der Waals surface area contributed by atoms with E-state index >= 15 is 0 Å². The van der Waals surface area contributed by atoms with Crippen molar-refractivity contribution in [2.45, 2.75) is 17.4 Å². The van der Waals surface area contributed by atoms with Crippen molar-refractivity contribution in [2.75, 3.05) is 17.5 Å². The highest BCUT2D eigenvalue weighted by atomic mass is 32.2. The third-order valence-corrected chi connectivity index (χ3v) is 3.96. The molecule has 1 aromatic carbocycles. The van der Waals surface area contributed by atoms with E-state index in [0.717, 1.165) is 5.75 Å². The maximum atomic E-state index is 11.5. The Bertz CT molecular complexity index is 545.